The molecule has 0 atom stereocenters. The summed E-state index contributed by atoms with van der Waals surface area (Å²) in [6.07, 6.45) is 2.20. The van der Waals surface area contributed by atoms with Crippen molar-refractivity contribution in [2.75, 3.05) is 19.7 Å². The normalized spacial score (nSPS) is 14.2. The number of amides is 1. The van der Waals surface area contributed by atoms with Gasteiger partial charge in [0.25, 0.3) is 5.91 Å². The minimum Gasteiger partial charge on any atom is -0.384 e. The maximum Gasteiger partial charge on any atom is 0.253 e. The SMILES string of the molecule is Cc1cc(C(=O)N2CCCC2)ccc1C#CCO. The van der Waals surface area contributed by atoms with Crippen molar-refractivity contribution in [3.63, 3.8) is 0 Å². The first-order valence-corrected chi connectivity index (χ1v) is 6.22. The van der Waals surface area contributed by atoms with E-state index >= 15 is 0 Å². The van der Waals surface area contributed by atoms with Crippen molar-refractivity contribution in [2.24, 2.45) is 0 Å². The standard InChI is InChI=1S/C15H17NO2/c1-12-11-14(7-6-13(12)5-4-10-17)15(18)16-8-2-3-9-16/h6-7,11,17H,2-3,8-10H2,1H3. The van der Waals surface area contributed by atoms with Gasteiger partial charge in [0, 0.05) is 24.2 Å². The molecular weight excluding hydrogens is 226 g/mol. The Balaban J connectivity index is 2.20. The lowest BCUT2D eigenvalue weighted by atomic mass is 10.0. The highest BCUT2D eigenvalue weighted by molar-refractivity contribution is 5.94. The van der Waals surface area contributed by atoms with E-state index < -0.39 is 0 Å². The van der Waals surface area contributed by atoms with E-state index in [1.165, 1.54) is 0 Å². The molecule has 0 aromatic heterocycles. The number of carbonyl (C=O) groups excluding carboxylic acids is 1. The molecule has 1 N–H and O–H groups in total. The number of aryl methyl sites for hydroxylation is 1. The maximum absolute atomic E-state index is 12.2. The van der Waals surface area contributed by atoms with Gasteiger partial charge in [-0.05, 0) is 43.5 Å². The molecule has 2 rings (SSSR count). The number of benzene rings is 1. The first-order chi connectivity index (χ1) is 8.72. The van der Waals surface area contributed by atoms with Crippen LogP contribution in [0, 0.1) is 18.8 Å². The van der Waals surface area contributed by atoms with E-state index in [1.807, 2.05) is 30.0 Å². The first-order valence-electron chi connectivity index (χ1n) is 6.22. The lowest BCUT2D eigenvalue weighted by Gasteiger charge is -2.15. The van der Waals surface area contributed by atoms with Crippen molar-refractivity contribution in [1.82, 2.24) is 4.90 Å². The highest BCUT2D eigenvalue weighted by Gasteiger charge is 2.19. The molecule has 18 heavy (non-hydrogen) atoms. The summed E-state index contributed by atoms with van der Waals surface area (Å²) in [5.74, 6) is 5.60. The van der Waals surface area contributed by atoms with Crippen LogP contribution in [0.5, 0.6) is 0 Å². The molecule has 0 unspecified atom stereocenters. The van der Waals surface area contributed by atoms with Crippen LogP contribution < -0.4 is 0 Å². The number of hydrogen-bond donors (Lipinski definition) is 1. The number of hydrogen-bond acceptors (Lipinski definition) is 2. The Labute approximate surface area is 107 Å². The average Bonchev–Trinajstić information content (AvgIpc) is 2.90. The van der Waals surface area contributed by atoms with E-state index in [4.69, 9.17) is 5.11 Å². The van der Waals surface area contributed by atoms with Gasteiger partial charge in [0.15, 0.2) is 0 Å². The molecule has 0 bridgehead atoms. The van der Waals surface area contributed by atoms with Crippen molar-refractivity contribution in [3.8, 4) is 11.8 Å². The molecule has 0 spiro atoms. The van der Waals surface area contributed by atoms with Gasteiger partial charge in [-0.1, -0.05) is 11.8 Å². The maximum atomic E-state index is 12.2. The monoisotopic (exact) mass is 243 g/mol. The highest BCUT2D eigenvalue weighted by atomic mass is 16.2. The smallest absolute Gasteiger partial charge is 0.253 e. The molecule has 0 aliphatic carbocycles. The van der Waals surface area contributed by atoms with E-state index in [2.05, 4.69) is 11.8 Å². The second kappa shape index (κ2) is 5.70. The Bertz CT molecular complexity index is 505. The zero-order chi connectivity index (χ0) is 13.0. The second-order valence-electron chi connectivity index (χ2n) is 4.49. The van der Waals surface area contributed by atoms with E-state index in [1.54, 1.807) is 0 Å². The average molecular weight is 243 g/mol. The Morgan fingerprint density at radius 2 is 2.11 bits per heavy atom. The van der Waals surface area contributed by atoms with Crippen LogP contribution in [-0.4, -0.2) is 35.6 Å². The zero-order valence-electron chi connectivity index (χ0n) is 10.6. The highest BCUT2D eigenvalue weighted by Crippen LogP contribution is 2.15. The van der Waals surface area contributed by atoms with E-state index in [0.717, 1.165) is 42.6 Å². The Morgan fingerprint density at radius 3 is 2.72 bits per heavy atom. The van der Waals surface area contributed by atoms with Gasteiger partial charge in [0.05, 0.1) is 0 Å². The van der Waals surface area contributed by atoms with Crippen LogP contribution in [0.4, 0.5) is 0 Å². The summed E-state index contributed by atoms with van der Waals surface area (Å²) >= 11 is 0. The molecule has 0 saturated carbocycles. The van der Waals surface area contributed by atoms with Gasteiger partial charge >= 0.3 is 0 Å². The number of carbonyl (C=O) groups is 1. The van der Waals surface area contributed by atoms with Crippen LogP contribution in [0.2, 0.25) is 0 Å². The topological polar surface area (TPSA) is 40.5 Å². The van der Waals surface area contributed by atoms with Gasteiger partial charge in [0.2, 0.25) is 0 Å². The fourth-order valence-corrected chi connectivity index (χ4v) is 2.17. The third kappa shape index (κ3) is 2.72. The summed E-state index contributed by atoms with van der Waals surface area (Å²) in [4.78, 5) is 14.1. The van der Waals surface area contributed by atoms with Gasteiger partial charge in [-0.15, -0.1) is 0 Å². The molecule has 1 aliphatic rings. The Morgan fingerprint density at radius 1 is 1.39 bits per heavy atom. The molecule has 1 aliphatic heterocycles. The minimum absolute atomic E-state index is 0.109. The Hall–Kier alpha value is -1.79. The molecule has 94 valence electrons. The summed E-state index contributed by atoms with van der Waals surface area (Å²) in [5.41, 5.74) is 2.56. The van der Waals surface area contributed by atoms with Crippen molar-refractivity contribution in [3.05, 3.63) is 34.9 Å². The summed E-state index contributed by atoms with van der Waals surface area (Å²) in [6.45, 7) is 3.52. The predicted molar refractivity (Wildman–Crippen MR) is 70.3 cm³/mol. The van der Waals surface area contributed by atoms with Gasteiger partial charge in [-0.2, -0.15) is 0 Å². The van der Waals surface area contributed by atoms with E-state index in [0.29, 0.717) is 0 Å². The van der Waals surface area contributed by atoms with Crippen molar-refractivity contribution < 1.29 is 9.90 Å². The number of aliphatic hydroxyl groups excluding tert-OH is 1. The molecule has 1 aromatic rings. The number of likely N-dealkylation sites (tertiary alicyclic amines) is 1. The Kier molecular flexibility index (Phi) is 4.01. The minimum atomic E-state index is -0.145. The van der Waals surface area contributed by atoms with Crippen LogP contribution in [0.25, 0.3) is 0 Å². The van der Waals surface area contributed by atoms with Crippen LogP contribution in [0.15, 0.2) is 18.2 Å². The van der Waals surface area contributed by atoms with Gasteiger partial charge < -0.3 is 10.0 Å². The quantitative estimate of drug-likeness (QED) is 0.761. The molecule has 1 fully saturated rings. The molecule has 1 amide bonds. The van der Waals surface area contributed by atoms with E-state index in [9.17, 15) is 4.79 Å². The number of rotatable bonds is 1. The third-order valence-corrected chi connectivity index (χ3v) is 3.17. The van der Waals surface area contributed by atoms with Gasteiger partial charge in [-0.25, -0.2) is 0 Å². The van der Waals surface area contributed by atoms with Crippen molar-refractivity contribution in [1.29, 1.82) is 0 Å². The van der Waals surface area contributed by atoms with Crippen LogP contribution in [-0.2, 0) is 0 Å². The van der Waals surface area contributed by atoms with Crippen LogP contribution in [0.3, 0.4) is 0 Å². The third-order valence-electron chi connectivity index (χ3n) is 3.17. The summed E-state index contributed by atoms with van der Waals surface area (Å²) in [6, 6.07) is 5.54. The molecule has 1 heterocycles. The fraction of sp³-hybridized carbons (Fsp3) is 0.400. The number of nitrogens with zero attached hydrogens (tertiary/aromatic N) is 1. The second-order valence-corrected chi connectivity index (χ2v) is 4.49. The zero-order valence-corrected chi connectivity index (χ0v) is 10.6. The largest absolute Gasteiger partial charge is 0.384 e. The van der Waals surface area contributed by atoms with Gasteiger partial charge in [-0.3, -0.25) is 4.79 Å². The fourth-order valence-electron chi connectivity index (χ4n) is 2.17. The molecule has 3 nitrogen and oxygen atoms in total. The summed E-state index contributed by atoms with van der Waals surface area (Å²) in [7, 11) is 0. The van der Waals surface area contributed by atoms with E-state index in [-0.39, 0.29) is 12.5 Å². The first kappa shape index (κ1) is 12.7. The van der Waals surface area contributed by atoms with Crippen molar-refractivity contribution >= 4 is 5.91 Å². The predicted octanol–water partition coefficient (Wildman–Crippen LogP) is 1.57. The lowest BCUT2D eigenvalue weighted by molar-refractivity contribution is 0.0792. The van der Waals surface area contributed by atoms with Crippen LogP contribution >= 0.6 is 0 Å². The lowest BCUT2D eigenvalue weighted by Crippen LogP contribution is -2.27. The van der Waals surface area contributed by atoms with Crippen LogP contribution in [0.1, 0.15) is 34.3 Å². The summed E-state index contributed by atoms with van der Waals surface area (Å²) in [5, 5.41) is 8.67. The molecule has 1 aromatic carbocycles. The molecule has 3 heteroatoms. The number of aliphatic hydroxyl groups is 1. The molecule has 1 saturated heterocycles. The summed E-state index contributed by atoms with van der Waals surface area (Å²) < 4.78 is 0. The van der Waals surface area contributed by atoms with Crippen molar-refractivity contribution in [2.45, 2.75) is 19.8 Å². The van der Waals surface area contributed by atoms with Gasteiger partial charge in [0.1, 0.15) is 6.61 Å². The molecular formula is C15H17NO2. The molecule has 0 radical (unpaired) electrons.